The Balaban J connectivity index is 1.87. The van der Waals surface area contributed by atoms with Crippen molar-refractivity contribution in [3.8, 4) is 0 Å². The van der Waals surface area contributed by atoms with Crippen LogP contribution >= 0.6 is 11.3 Å². The SMILES string of the molecule is C=C[C@H](C)CC(=O)NC(Cc1ccccc1)C(O)CN(Cc1cccs1)S(=O)(=O)c1cnoc1C. The molecule has 3 rings (SSSR count). The molecule has 188 valence electrons. The Morgan fingerprint density at radius 2 is 2.03 bits per heavy atom. The zero-order valence-corrected chi connectivity index (χ0v) is 21.5. The van der Waals surface area contributed by atoms with E-state index < -0.39 is 22.2 Å². The summed E-state index contributed by atoms with van der Waals surface area (Å²) < 4.78 is 33.2. The van der Waals surface area contributed by atoms with E-state index >= 15 is 0 Å². The number of aryl methyl sites for hydroxylation is 1. The highest BCUT2D eigenvalue weighted by Gasteiger charge is 2.33. The molecule has 0 aliphatic heterocycles. The van der Waals surface area contributed by atoms with Gasteiger partial charge < -0.3 is 14.9 Å². The predicted octanol–water partition coefficient (Wildman–Crippen LogP) is 3.54. The second-order valence-electron chi connectivity index (χ2n) is 8.47. The van der Waals surface area contributed by atoms with Crippen LogP contribution in [0.1, 0.15) is 29.5 Å². The smallest absolute Gasteiger partial charge is 0.248 e. The van der Waals surface area contributed by atoms with Gasteiger partial charge in [0.2, 0.25) is 15.9 Å². The van der Waals surface area contributed by atoms with Gasteiger partial charge in [0.25, 0.3) is 0 Å². The van der Waals surface area contributed by atoms with Crippen LogP contribution in [0, 0.1) is 12.8 Å². The fourth-order valence-electron chi connectivity index (χ4n) is 3.63. The monoisotopic (exact) mass is 517 g/mol. The maximum absolute atomic E-state index is 13.5. The number of rotatable bonds is 13. The van der Waals surface area contributed by atoms with Crippen molar-refractivity contribution >= 4 is 27.3 Å². The van der Waals surface area contributed by atoms with E-state index in [-0.39, 0.29) is 42.0 Å². The van der Waals surface area contributed by atoms with Crippen molar-refractivity contribution in [3.63, 3.8) is 0 Å². The largest absolute Gasteiger partial charge is 0.390 e. The molecule has 3 atom stereocenters. The van der Waals surface area contributed by atoms with Gasteiger partial charge in [0, 0.05) is 24.4 Å². The molecule has 3 aromatic rings. The Morgan fingerprint density at radius 1 is 1.29 bits per heavy atom. The minimum Gasteiger partial charge on any atom is -0.390 e. The maximum Gasteiger partial charge on any atom is 0.248 e. The number of aromatic nitrogens is 1. The molecule has 35 heavy (non-hydrogen) atoms. The number of thiophene rings is 1. The number of benzene rings is 1. The van der Waals surface area contributed by atoms with Crippen LogP contribution in [0.15, 0.2) is 76.1 Å². The average molecular weight is 518 g/mol. The molecule has 1 amide bonds. The Kier molecular flexibility index (Phi) is 9.39. The second-order valence-corrected chi connectivity index (χ2v) is 11.4. The molecule has 0 aliphatic rings. The Bertz CT molecular complexity index is 1190. The number of hydrogen-bond acceptors (Lipinski definition) is 7. The van der Waals surface area contributed by atoms with E-state index in [0.29, 0.717) is 6.42 Å². The third-order valence-electron chi connectivity index (χ3n) is 5.65. The Hall–Kier alpha value is -2.79. The van der Waals surface area contributed by atoms with Gasteiger partial charge in [0.15, 0.2) is 5.76 Å². The molecule has 0 aliphatic carbocycles. The van der Waals surface area contributed by atoms with Crippen molar-refractivity contribution in [2.24, 2.45) is 5.92 Å². The third kappa shape index (κ3) is 7.35. The van der Waals surface area contributed by atoms with E-state index in [9.17, 15) is 18.3 Å². The molecular formula is C25H31N3O5S2. The lowest BCUT2D eigenvalue weighted by molar-refractivity contribution is -0.123. The highest BCUT2D eigenvalue weighted by Crippen LogP contribution is 2.24. The summed E-state index contributed by atoms with van der Waals surface area (Å²) in [6.45, 7) is 6.97. The molecule has 0 saturated heterocycles. The number of carbonyl (C=O) groups is 1. The number of nitrogens with one attached hydrogen (secondary N) is 1. The Labute approximate surface area is 210 Å². The van der Waals surface area contributed by atoms with Gasteiger partial charge in [-0.2, -0.15) is 4.31 Å². The molecule has 0 fully saturated rings. The van der Waals surface area contributed by atoms with Gasteiger partial charge in [0.1, 0.15) is 4.90 Å². The summed E-state index contributed by atoms with van der Waals surface area (Å²) in [4.78, 5) is 13.4. The lowest BCUT2D eigenvalue weighted by Crippen LogP contribution is -2.50. The van der Waals surface area contributed by atoms with Gasteiger partial charge in [0.05, 0.1) is 18.3 Å². The van der Waals surface area contributed by atoms with Gasteiger partial charge in [-0.05, 0) is 36.3 Å². The zero-order chi connectivity index (χ0) is 25.4. The molecule has 0 bridgehead atoms. The minimum atomic E-state index is -4.02. The van der Waals surface area contributed by atoms with E-state index in [1.54, 1.807) is 6.08 Å². The van der Waals surface area contributed by atoms with Crippen molar-refractivity contribution in [2.45, 2.75) is 50.3 Å². The average Bonchev–Trinajstić information content (AvgIpc) is 3.50. The number of hydrogen-bond donors (Lipinski definition) is 2. The summed E-state index contributed by atoms with van der Waals surface area (Å²) in [5.74, 6) is -0.0973. The summed E-state index contributed by atoms with van der Waals surface area (Å²) in [6, 6.07) is 12.4. The molecule has 0 spiro atoms. The summed E-state index contributed by atoms with van der Waals surface area (Å²) in [5, 5.41) is 19.6. The topological polar surface area (TPSA) is 113 Å². The van der Waals surface area contributed by atoms with Gasteiger partial charge in [-0.15, -0.1) is 17.9 Å². The predicted molar refractivity (Wildman–Crippen MR) is 135 cm³/mol. The van der Waals surface area contributed by atoms with E-state index in [2.05, 4.69) is 17.1 Å². The lowest BCUT2D eigenvalue weighted by Gasteiger charge is -2.29. The van der Waals surface area contributed by atoms with Crippen molar-refractivity contribution in [2.75, 3.05) is 6.54 Å². The van der Waals surface area contributed by atoms with Gasteiger partial charge in [-0.3, -0.25) is 4.79 Å². The fourth-order valence-corrected chi connectivity index (χ4v) is 5.94. The number of sulfonamides is 1. The highest BCUT2D eigenvalue weighted by molar-refractivity contribution is 7.89. The first-order valence-corrected chi connectivity index (χ1v) is 13.6. The second kappa shape index (κ2) is 12.3. The van der Waals surface area contributed by atoms with Crippen LogP contribution in [-0.2, 0) is 27.8 Å². The molecular weight excluding hydrogens is 486 g/mol. The summed E-state index contributed by atoms with van der Waals surface area (Å²) >= 11 is 1.42. The molecule has 0 radical (unpaired) electrons. The number of aliphatic hydroxyl groups excluding tert-OH is 1. The van der Waals surface area contributed by atoms with E-state index in [0.717, 1.165) is 10.4 Å². The lowest BCUT2D eigenvalue weighted by atomic mass is 10.00. The quantitative estimate of drug-likeness (QED) is 0.336. The number of amides is 1. The molecule has 2 aromatic heterocycles. The van der Waals surface area contributed by atoms with Crippen LogP contribution in [0.4, 0.5) is 0 Å². The molecule has 2 heterocycles. The molecule has 2 N–H and O–H groups in total. The minimum absolute atomic E-state index is 0.0308. The van der Waals surface area contributed by atoms with Crippen molar-refractivity contribution < 1.29 is 22.8 Å². The summed E-state index contributed by atoms with van der Waals surface area (Å²) in [7, 11) is -4.02. The van der Waals surface area contributed by atoms with Crippen LogP contribution in [0.2, 0.25) is 0 Å². The molecule has 0 saturated carbocycles. The third-order valence-corrected chi connectivity index (χ3v) is 8.41. The number of allylic oxidation sites excluding steroid dienone is 1. The van der Waals surface area contributed by atoms with E-state index in [1.807, 2.05) is 54.8 Å². The van der Waals surface area contributed by atoms with Crippen molar-refractivity contribution in [1.82, 2.24) is 14.8 Å². The molecule has 1 aromatic carbocycles. The van der Waals surface area contributed by atoms with Crippen LogP contribution in [0.3, 0.4) is 0 Å². The summed E-state index contributed by atoms with van der Waals surface area (Å²) in [6.07, 6.45) is 2.25. The van der Waals surface area contributed by atoms with Crippen LogP contribution < -0.4 is 5.32 Å². The van der Waals surface area contributed by atoms with Crippen LogP contribution in [-0.4, -0.2) is 47.6 Å². The molecule has 2 unspecified atom stereocenters. The van der Waals surface area contributed by atoms with Gasteiger partial charge >= 0.3 is 0 Å². The first kappa shape index (κ1) is 26.8. The zero-order valence-electron chi connectivity index (χ0n) is 19.8. The maximum atomic E-state index is 13.5. The van der Waals surface area contributed by atoms with E-state index in [4.69, 9.17) is 4.52 Å². The molecule has 10 heteroatoms. The number of nitrogens with zero attached hydrogens (tertiary/aromatic N) is 2. The normalized spacial score (nSPS) is 14.4. The van der Waals surface area contributed by atoms with Gasteiger partial charge in [-0.1, -0.05) is 54.6 Å². The van der Waals surface area contributed by atoms with Gasteiger partial charge in [-0.25, -0.2) is 8.42 Å². The Morgan fingerprint density at radius 3 is 2.63 bits per heavy atom. The standard InChI is InChI=1S/C25H31N3O5S2/c1-4-18(2)13-25(30)27-22(14-20-9-6-5-7-10-20)23(29)17-28(16-21-11-8-12-34-21)35(31,32)24-15-26-33-19(24)3/h4-12,15,18,22-23,29H,1,13-14,16-17H2,2-3H3,(H,27,30)/t18-,22?,23?/m0/s1. The van der Waals surface area contributed by atoms with Crippen LogP contribution in [0.25, 0.3) is 0 Å². The van der Waals surface area contributed by atoms with E-state index in [1.165, 1.54) is 28.8 Å². The number of carbonyl (C=O) groups excluding carboxylic acids is 1. The first-order valence-electron chi connectivity index (χ1n) is 11.3. The summed E-state index contributed by atoms with van der Waals surface area (Å²) in [5.41, 5.74) is 0.913. The highest BCUT2D eigenvalue weighted by atomic mass is 32.2. The van der Waals surface area contributed by atoms with Crippen LogP contribution in [0.5, 0.6) is 0 Å². The molecule has 8 nitrogen and oxygen atoms in total. The number of aliphatic hydroxyl groups is 1. The fraction of sp³-hybridized carbons (Fsp3) is 0.360. The first-order chi connectivity index (χ1) is 16.7. The van der Waals surface area contributed by atoms with Crippen molar-refractivity contribution in [1.29, 1.82) is 0 Å². The van der Waals surface area contributed by atoms with Crippen molar-refractivity contribution in [3.05, 3.63) is 82.9 Å².